The number of hydrogen-bond acceptors (Lipinski definition) is 4. The standard InChI is InChI=1S/C16H21ClN2O3S/c1-3-11(2)18-8-16(20)19(13-6-4-5-12(17)7-13)15-10-23(21,22)9-14(15)18/h4-7,11,14-15H,3,8-10H2,1-2H3/t11?,14-,15+/m0/s1. The van der Waals surface area contributed by atoms with E-state index in [2.05, 4.69) is 11.8 Å². The molecule has 0 aliphatic carbocycles. The van der Waals surface area contributed by atoms with Gasteiger partial charge in [-0.1, -0.05) is 24.6 Å². The fourth-order valence-electron chi connectivity index (χ4n) is 3.59. The van der Waals surface area contributed by atoms with Crippen LogP contribution >= 0.6 is 11.6 Å². The zero-order valence-corrected chi connectivity index (χ0v) is 14.8. The molecule has 0 N–H and O–H groups in total. The van der Waals surface area contributed by atoms with Crippen LogP contribution in [0.3, 0.4) is 0 Å². The van der Waals surface area contributed by atoms with Crippen LogP contribution in [-0.2, 0) is 14.6 Å². The SMILES string of the molecule is CCC(C)N1CC(=O)N(c2cccc(Cl)c2)[C@@H]2CS(=O)(=O)C[C@@H]21. The van der Waals surface area contributed by atoms with Gasteiger partial charge in [-0.15, -0.1) is 0 Å². The number of halogens is 1. The van der Waals surface area contributed by atoms with Crippen LogP contribution in [0.1, 0.15) is 20.3 Å². The van der Waals surface area contributed by atoms with Crippen LogP contribution in [0.4, 0.5) is 5.69 Å². The van der Waals surface area contributed by atoms with E-state index in [1.165, 1.54) is 0 Å². The number of amides is 1. The van der Waals surface area contributed by atoms with Gasteiger partial charge in [-0.05, 0) is 31.5 Å². The van der Waals surface area contributed by atoms with Gasteiger partial charge in [0, 0.05) is 22.8 Å². The fourth-order valence-corrected chi connectivity index (χ4v) is 5.73. The second kappa shape index (κ2) is 6.07. The molecule has 126 valence electrons. The first kappa shape index (κ1) is 16.7. The van der Waals surface area contributed by atoms with E-state index in [4.69, 9.17) is 11.6 Å². The predicted octanol–water partition coefficient (Wildman–Crippen LogP) is 1.95. The predicted molar refractivity (Wildman–Crippen MR) is 91.6 cm³/mol. The molecule has 2 aliphatic heterocycles. The minimum Gasteiger partial charge on any atom is -0.306 e. The number of benzene rings is 1. The number of anilines is 1. The van der Waals surface area contributed by atoms with E-state index in [1.54, 1.807) is 23.1 Å². The average Bonchev–Trinajstić information content (AvgIpc) is 2.80. The molecule has 0 bridgehead atoms. The van der Waals surface area contributed by atoms with Gasteiger partial charge >= 0.3 is 0 Å². The molecule has 5 nitrogen and oxygen atoms in total. The highest BCUT2D eigenvalue weighted by Crippen LogP contribution is 2.33. The molecule has 2 aliphatic rings. The average molecular weight is 357 g/mol. The van der Waals surface area contributed by atoms with Crippen LogP contribution in [0, 0.1) is 0 Å². The zero-order chi connectivity index (χ0) is 16.8. The molecule has 23 heavy (non-hydrogen) atoms. The molecule has 1 aromatic carbocycles. The Hall–Kier alpha value is -1.11. The summed E-state index contributed by atoms with van der Waals surface area (Å²) in [6.07, 6.45) is 0.883. The quantitative estimate of drug-likeness (QED) is 0.830. The molecule has 2 fully saturated rings. The van der Waals surface area contributed by atoms with Gasteiger partial charge < -0.3 is 4.90 Å². The maximum Gasteiger partial charge on any atom is 0.241 e. The molecule has 0 spiro atoms. The van der Waals surface area contributed by atoms with Crippen molar-refractivity contribution in [3.8, 4) is 0 Å². The molecule has 0 aromatic heterocycles. The summed E-state index contributed by atoms with van der Waals surface area (Å²) in [5, 5.41) is 0.539. The topological polar surface area (TPSA) is 57.7 Å². The third-order valence-electron chi connectivity index (χ3n) is 4.88. The van der Waals surface area contributed by atoms with E-state index in [1.807, 2.05) is 13.0 Å². The lowest BCUT2D eigenvalue weighted by Gasteiger charge is -2.45. The van der Waals surface area contributed by atoms with Crippen LogP contribution < -0.4 is 4.90 Å². The summed E-state index contributed by atoms with van der Waals surface area (Å²) in [5.74, 6) is 0.0702. The van der Waals surface area contributed by atoms with Crippen LogP contribution in [0.25, 0.3) is 0 Å². The summed E-state index contributed by atoms with van der Waals surface area (Å²) in [6.45, 7) is 4.35. The second-order valence-electron chi connectivity index (χ2n) is 6.38. The van der Waals surface area contributed by atoms with Crippen molar-refractivity contribution in [1.29, 1.82) is 0 Å². The Labute approximate surface area is 142 Å². The Morgan fingerprint density at radius 1 is 1.30 bits per heavy atom. The van der Waals surface area contributed by atoms with Gasteiger partial charge in [-0.3, -0.25) is 9.69 Å². The number of fused-ring (bicyclic) bond motifs is 1. The Morgan fingerprint density at radius 2 is 2.00 bits per heavy atom. The van der Waals surface area contributed by atoms with Crippen molar-refractivity contribution in [3.63, 3.8) is 0 Å². The van der Waals surface area contributed by atoms with E-state index < -0.39 is 9.84 Å². The highest BCUT2D eigenvalue weighted by Gasteiger charge is 2.50. The van der Waals surface area contributed by atoms with Crippen LogP contribution in [0.2, 0.25) is 5.02 Å². The molecule has 0 radical (unpaired) electrons. The summed E-state index contributed by atoms with van der Waals surface area (Å²) in [7, 11) is -3.15. The zero-order valence-electron chi connectivity index (χ0n) is 13.3. The smallest absolute Gasteiger partial charge is 0.241 e. The summed E-state index contributed by atoms with van der Waals surface area (Å²) in [5.41, 5.74) is 0.679. The molecule has 1 aromatic rings. The van der Waals surface area contributed by atoms with Crippen molar-refractivity contribution in [2.75, 3.05) is 23.0 Å². The number of carbonyl (C=O) groups excluding carboxylic acids is 1. The largest absolute Gasteiger partial charge is 0.306 e. The maximum absolute atomic E-state index is 12.7. The van der Waals surface area contributed by atoms with E-state index in [0.717, 1.165) is 6.42 Å². The Balaban J connectivity index is 2.01. The molecular formula is C16H21ClN2O3S. The molecule has 7 heteroatoms. The number of sulfone groups is 1. The monoisotopic (exact) mass is 356 g/mol. The van der Waals surface area contributed by atoms with Gasteiger partial charge in [0.2, 0.25) is 5.91 Å². The van der Waals surface area contributed by atoms with Gasteiger partial charge in [0.15, 0.2) is 9.84 Å². The van der Waals surface area contributed by atoms with Crippen molar-refractivity contribution < 1.29 is 13.2 Å². The van der Waals surface area contributed by atoms with Crippen LogP contribution in [0.5, 0.6) is 0 Å². The first-order valence-electron chi connectivity index (χ1n) is 7.86. The first-order chi connectivity index (χ1) is 10.8. The Morgan fingerprint density at radius 3 is 2.65 bits per heavy atom. The van der Waals surface area contributed by atoms with Gasteiger partial charge in [0.05, 0.1) is 24.1 Å². The molecule has 2 heterocycles. The highest BCUT2D eigenvalue weighted by atomic mass is 35.5. The third-order valence-corrected chi connectivity index (χ3v) is 6.81. The summed E-state index contributed by atoms with van der Waals surface area (Å²) < 4.78 is 24.4. The van der Waals surface area contributed by atoms with Crippen molar-refractivity contribution in [1.82, 2.24) is 4.90 Å². The Bertz CT molecular complexity index is 722. The van der Waals surface area contributed by atoms with E-state index in [9.17, 15) is 13.2 Å². The van der Waals surface area contributed by atoms with E-state index >= 15 is 0 Å². The normalized spacial score (nSPS) is 28.7. The van der Waals surface area contributed by atoms with Crippen molar-refractivity contribution in [2.45, 2.75) is 38.4 Å². The van der Waals surface area contributed by atoms with Gasteiger partial charge in [0.25, 0.3) is 0 Å². The van der Waals surface area contributed by atoms with Crippen molar-refractivity contribution in [3.05, 3.63) is 29.3 Å². The molecule has 1 amide bonds. The van der Waals surface area contributed by atoms with Gasteiger partial charge in [-0.25, -0.2) is 8.42 Å². The fraction of sp³-hybridized carbons (Fsp3) is 0.562. The molecule has 3 rings (SSSR count). The number of carbonyl (C=O) groups is 1. The molecular weight excluding hydrogens is 336 g/mol. The number of hydrogen-bond donors (Lipinski definition) is 0. The number of nitrogens with zero attached hydrogens (tertiary/aromatic N) is 2. The second-order valence-corrected chi connectivity index (χ2v) is 8.98. The van der Waals surface area contributed by atoms with Gasteiger partial charge in [0.1, 0.15) is 0 Å². The summed E-state index contributed by atoms with van der Waals surface area (Å²) in [6, 6.07) is 6.75. The summed E-state index contributed by atoms with van der Waals surface area (Å²) >= 11 is 6.05. The molecule has 2 saturated heterocycles. The molecule has 3 atom stereocenters. The minimum absolute atomic E-state index is 0.0167. The van der Waals surface area contributed by atoms with Crippen molar-refractivity contribution in [2.24, 2.45) is 0 Å². The number of rotatable bonds is 3. The van der Waals surface area contributed by atoms with Crippen molar-refractivity contribution >= 4 is 33.0 Å². The maximum atomic E-state index is 12.7. The molecule has 0 saturated carbocycles. The summed E-state index contributed by atoms with van der Waals surface area (Å²) in [4.78, 5) is 16.4. The van der Waals surface area contributed by atoms with Crippen LogP contribution in [0.15, 0.2) is 24.3 Å². The lowest BCUT2D eigenvalue weighted by atomic mass is 10.0. The Kier molecular flexibility index (Phi) is 4.42. The minimum atomic E-state index is -3.15. The third kappa shape index (κ3) is 3.12. The lowest BCUT2D eigenvalue weighted by molar-refractivity contribution is -0.124. The number of piperazine rings is 1. The lowest BCUT2D eigenvalue weighted by Crippen LogP contribution is -2.63. The highest BCUT2D eigenvalue weighted by molar-refractivity contribution is 7.91. The van der Waals surface area contributed by atoms with Crippen LogP contribution in [-0.4, -0.2) is 55.4 Å². The first-order valence-corrected chi connectivity index (χ1v) is 10.1. The molecule has 1 unspecified atom stereocenters. The van der Waals surface area contributed by atoms with E-state index in [0.29, 0.717) is 10.7 Å². The van der Waals surface area contributed by atoms with E-state index in [-0.39, 0.29) is 42.1 Å². The van der Waals surface area contributed by atoms with Gasteiger partial charge in [-0.2, -0.15) is 0 Å².